The van der Waals surface area contributed by atoms with Crippen molar-refractivity contribution in [2.45, 2.75) is 39.7 Å². The van der Waals surface area contributed by atoms with Gasteiger partial charge in [0.1, 0.15) is 0 Å². The number of benzene rings is 2. The van der Waals surface area contributed by atoms with Gasteiger partial charge in [-0.2, -0.15) is 0 Å². The Hall–Kier alpha value is -1.51. The summed E-state index contributed by atoms with van der Waals surface area (Å²) in [6, 6.07) is 11.7. The first-order valence-electron chi connectivity index (χ1n) is 7.67. The van der Waals surface area contributed by atoms with Crippen molar-refractivity contribution in [3.63, 3.8) is 0 Å². The van der Waals surface area contributed by atoms with Gasteiger partial charge in [0.2, 0.25) is 5.91 Å². The van der Waals surface area contributed by atoms with E-state index in [1.165, 1.54) is 11.1 Å². The second-order valence-electron chi connectivity index (χ2n) is 5.90. The Morgan fingerprint density at radius 1 is 1.09 bits per heavy atom. The highest BCUT2D eigenvalue weighted by Crippen LogP contribution is 2.23. The summed E-state index contributed by atoms with van der Waals surface area (Å²) >= 11 is 11.9. The zero-order valence-electron chi connectivity index (χ0n) is 13.6. The van der Waals surface area contributed by atoms with Gasteiger partial charge in [-0.1, -0.05) is 53.0 Å². The second kappa shape index (κ2) is 7.85. The molecule has 2 rings (SSSR count). The maximum absolute atomic E-state index is 12.2. The third kappa shape index (κ3) is 4.98. The lowest BCUT2D eigenvalue weighted by atomic mass is 10.00. The van der Waals surface area contributed by atoms with E-state index in [4.69, 9.17) is 23.2 Å². The van der Waals surface area contributed by atoms with Crippen molar-refractivity contribution in [3.05, 3.63) is 68.7 Å². The van der Waals surface area contributed by atoms with Crippen molar-refractivity contribution in [1.29, 1.82) is 0 Å². The first-order chi connectivity index (χ1) is 10.9. The molecule has 0 heterocycles. The molecule has 0 radical (unpaired) electrons. The fraction of sp³-hybridized carbons (Fsp3) is 0.316. The Bertz CT molecular complexity index is 713. The summed E-state index contributed by atoms with van der Waals surface area (Å²) in [6.45, 7) is 6.15. The molecule has 2 nitrogen and oxygen atoms in total. The minimum absolute atomic E-state index is 0.00287. The first kappa shape index (κ1) is 17.8. The molecule has 0 saturated heterocycles. The number of rotatable bonds is 5. The predicted molar refractivity (Wildman–Crippen MR) is 97.3 cm³/mol. The fourth-order valence-corrected chi connectivity index (χ4v) is 2.98. The van der Waals surface area contributed by atoms with E-state index in [9.17, 15) is 4.79 Å². The molecule has 0 fully saturated rings. The fourth-order valence-electron chi connectivity index (χ4n) is 2.66. The summed E-state index contributed by atoms with van der Waals surface area (Å²) < 4.78 is 0. The smallest absolute Gasteiger partial charge is 0.220 e. The number of aryl methyl sites for hydroxylation is 3. The van der Waals surface area contributed by atoms with Crippen LogP contribution in [0.5, 0.6) is 0 Å². The van der Waals surface area contributed by atoms with Crippen molar-refractivity contribution in [2.24, 2.45) is 0 Å². The quantitative estimate of drug-likeness (QED) is 0.766. The lowest BCUT2D eigenvalue weighted by Gasteiger charge is -2.17. The standard InChI is InChI=1S/C19H21Cl2NO/c1-12-4-7-16(13(2)10-12)14(3)22-19(23)9-6-15-5-8-17(20)18(21)11-15/h4-5,7-8,10-11,14H,6,9H2,1-3H3,(H,22,23)/t14-/m1/s1. The number of carbonyl (C=O) groups excluding carboxylic acids is 1. The van der Waals surface area contributed by atoms with Crippen LogP contribution in [0.1, 0.15) is 41.6 Å². The molecule has 0 aromatic heterocycles. The molecule has 2 aromatic rings. The van der Waals surface area contributed by atoms with E-state index in [1.807, 2.05) is 19.1 Å². The third-order valence-electron chi connectivity index (χ3n) is 3.89. The molecule has 23 heavy (non-hydrogen) atoms. The van der Waals surface area contributed by atoms with Crippen LogP contribution < -0.4 is 5.32 Å². The summed E-state index contributed by atoms with van der Waals surface area (Å²) in [5.74, 6) is 0.0311. The molecular weight excluding hydrogens is 329 g/mol. The number of nitrogens with one attached hydrogen (secondary N) is 1. The normalized spacial score (nSPS) is 12.0. The molecule has 0 aliphatic carbocycles. The summed E-state index contributed by atoms with van der Waals surface area (Å²) in [7, 11) is 0. The van der Waals surface area contributed by atoms with Crippen molar-refractivity contribution >= 4 is 29.1 Å². The van der Waals surface area contributed by atoms with E-state index in [0.717, 1.165) is 11.1 Å². The number of halogens is 2. The largest absolute Gasteiger partial charge is 0.350 e. The van der Waals surface area contributed by atoms with Crippen LogP contribution in [0.25, 0.3) is 0 Å². The maximum atomic E-state index is 12.2. The molecule has 1 amide bonds. The Balaban J connectivity index is 1.92. The van der Waals surface area contributed by atoms with Crippen LogP contribution in [0.4, 0.5) is 0 Å². The van der Waals surface area contributed by atoms with E-state index in [0.29, 0.717) is 22.9 Å². The summed E-state index contributed by atoms with van der Waals surface area (Å²) in [5, 5.41) is 4.11. The zero-order valence-corrected chi connectivity index (χ0v) is 15.1. The van der Waals surface area contributed by atoms with Gasteiger partial charge in [-0.15, -0.1) is 0 Å². The van der Waals surface area contributed by atoms with Crippen molar-refractivity contribution in [3.8, 4) is 0 Å². The second-order valence-corrected chi connectivity index (χ2v) is 6.71. The molecule has 0 spiro atoms. The van der Waals surface area contributed by atoms with E-state index in [-0.39, 0.29) is 11.9 Å². The topological polar surface area (TPSA) is 29.1 Å². The SMILES string of the molecule is Cc1ccc([C@@H](C)NC(=O)CCc2ccc(Cl)c(Cl)c2)c(C)c1. The molecule has 0 aliphatic rings. The Morgan fingerprint density at radius 2 is 1.83 bits per heavy atom. The molecule has 122 valence electrons. The molecule has 0 saturated carbocycles. The van der Waals surface area contributed by atoms with Gasteiger partial charge in [-0.25, -0.2) is 0 Å². The molecule has 1 N–H and O–H groups in total. The number of carbonyl (C=O) groups is 1. The van der Waals surface area contributed by atoms with Gasteiger partial charge in [0, 0.05) is 6.42 Å². The van der Waals surface area contributed by atoms with E-state index >= 15 is 0 Å². The Labute approximate surface area is 147 Å². The van der Waals surface area contributed by atoms with Crippen molar-refractivity contribution < 1.29 is 4.79 Å². The number of hydrogen-bond acceptors (Lipinski definition) is 1. The van der Waals surface area contributed by atoms with Crippen LogP contribution in [-0.4, -0.2) is 5.91 Å². The summed E-state index contributed by atoms with van der Waals surface area (Å²) in [5.41, 5.74) is 4.58. The van der Waals surface area contributed by atoms with Crippen LogP contribution in [0.2, 0.25) is 10.0 Å². The van der Waals surface area contributed by atoms with Crippen LogP contribution in [0.15, 0.2) is 36.4 Å². The van der Waals surface area contributed by atoms with Gasteiger partial charge in [-0.05, 0) is 56.0 Å². The Morgan fingerprint density at radius 3 is 2.48 bits per heavy atom. The van der Waals surface area contributed by atoms with Gasteiger partial charge < -0.3 is 5.32 Å². The monoisotopic (exact) mass is 349 g/mol. The van der Waals surface area contributed by atoms with E-state index in [2.05, 4.69) is 37.4 Å². The maximum Gasteiger partial charge on any atom is 0.220 e. The molecular formula is C19H21Cl2NO. The average Bonchev–Trinajstić information content (AvgIpc) is 2.48. The number of amides is 1. The molecule has 2 aromatic carbocycles. The van der Waals surface area contributed by atoms with Crippen molar-refractivity contribution in [2.75, 3.05) is 0 Å². The highest BCUT2D eigenvalue weighted by Gasteiger charge is 2.12. The minimum atomic E-state index is -0.00287. The van der Waals surface area contributed by atoms with E-state index < -0.39 is 0 Å². The van der Waals surface area contributed by atoms with Gasteiger partial charge in [0.15, 0.2) is 0 Å². The highest BCUT2D eigenvalue weighted by molar-refractivity contribution is 6.42. The van der Waals surface area contributed by atoms with Gasteiger partial charge >= 0.3 is 0 Å². The van der Waals surface area contributed by atoms with E-state index in [1.54, 1.807) is 6.07 Å². The van der Waals surface area contributed by atoms with Crippen LogP contribution in [-0.2, 0) is 11.2 Å². The first-order valence-corrected chi connectivity index (χ1v) is 8.43. The predicted octanol–water partition coefficient (Wildman–Crippen LogP) is 5.42. The Kier molecular flexibility index (Phi) is 6.09. The van der Waals surface area contributed by atoms with Crippen LogP contribution in [0, 0.1) is 13.8 Å². The van der Waals surface area contributed by atoms with Gasteiger partial charge in [0.05, 0.1) is 16.1 Å². The van der Waals surface area contributed by atoms with Gasteiger partial charge in [0.25, 0.3) is 0 Å². The molecule has 0 aliphatic heterocycles. The van der Waals surface area contributed by atoms with Crippen LogP contribution in [0.3, 0.4) is 0 Å². The van der Waals surface area contributed by atoms with Gasteiger partial charge in [-0.3, -0.25) is 4.79 Å². The number of hydrogen-bond donors (Lipinski definition) is 1. The molecule has 1 atom stereocenters. The average molecular weight is 350 g/mol. The summed E-state index contributed by atoms with van der Waals surface area (Å²) in [4.78, 5) is 12.2. The lowest BCUT2D eigenvalue weighted by molar-refractivity contribution is -0.121. The highest BCUT2D eigenvalue weighted by atomic mass is 35.5. The zero-order chi connectivity index (χ0) is 17.0. The third-order valence-corrected chi connectivity index (χ3v) is 4.63. The molecule has 4 heteroatoms. The summed E-state index contributed by atoms with van der Waals surface area (Å²) in [6.07, 6.45) is 1.07. The molecule has 0 unspecified atom stereocenters. The lowest BCUT2D eigenvalue weighted by Crippen LogP contribution is -2.27. The molecule has 0 bridgehead atoms. The minimum Gasteiger partial charge on any atom is -0.350 e. The van der Waals surface area contributed by atoms with Crippen LogP contribution >= 0.6 is 23.2 Å². The van der Waals surface area contributed by atoms with Crippen molar-refractivity contribution in [1.82, 2.24) is 5.32 Å².